The number of hydrogen-bond donors (Lipinski definition) is 2. The Bertz CT molecular complexity index is 679. The van der Waals surface area contributed by atoms with E-state index in [0.29, 0.717) is 12.3 Å². The third kappa shape index (κ3) is 5.56. The highest BCUT2D eigenvalue weighted by molar-refractivity contribution is 9.10. The zero-order valence-electron chi connectivity index (χ0n) is 14.8. The molecule has 0 saturated carbocycles. The maximum Gasteiger partial charge on any atom is 0.120 e. The van der Waals surface area contributed by atoms with Crippen molar-refractivity contribution in [3.05, 3.63) is 63.6 Å². The maximum absolute atomic E-state index is 9.88. The number of nitrogens with zero attached hydrogens (tertiary/aromatic N) is 1. The van der Waals surface area contributed by atoms with E-state index in [1.165, 1.54) is 37.1 Å². The third-order valence-corrected chi connectivity index (χ3v) is 5.48. The number of phenols is 1. The van der Waals surface area contributed by atoms with Crippen molar-refractivity contribution in [1.29, 1.82) is 0 Å². The largest absolute Gasteiger partial charge is 0.508 e. The number of benzene rings is 2. The highest BCUT2D eigenvalue weighted by Gasteiger charge is 2.15. The summed E-state index contributed by atoms with van der Waals surface area (Å²) >= 11 is 3.44. The van der Waals surface area contributed by atoms with Crippen LogP contribution in [0.1, 0.15) is 36.5 Å². The predicted octanol–water partition coefficient (Wildman–Crippen LogP) is 4.68. The summed E-state index contributed by atoms with van der Waals surface area (Å²) in [5.74, 6) is 1.22. The van der Waals surface area contributed by atoms with Gasteiger partial charge < -0.3 is 10.4 Å². The van der Waals surface area contributed by atoms with Crippen molar-refractivity contribution < 1.29 is 5.11 Å². The Labute approximate surface area is 159 Å². The molecule has 0 bridgehead atoms. The normalized spacial score (nSPS) is 16.2. The lowest BCUT2D eigenvalue weighted by Crippen LogP contribution is -2.32. The molecule has 1 aliphatic heterocycles. The first-order valence-corrected chi connectivity index (χ1v) is 9.88. The second-order valence-corrected chi connectivity index (χ2v) is 8.07. The Hall–Kier alpha value is -1.36. The SMILES string of the molecule is CC1CCN(Cc2ccc(CNCc3cc(Br)ccc3O)cc2)CC1. The number of phenolic OH excluding ortho intramolecular Hbond substituents is 1. The summed E-state index contributed by atoms with van der Waals surface area (Å²) in [6.45, 7) is 7.31. The summed E-state index contributed by atoms with van der Waals surface area (Å²) < 4.78 is 0.985. The summed E-state index contributed by atoms with van der Waals surface area (Å²) in [4.78, 5) is 2.56. The quantitative estimate of drug-likeness (QED) is 0.736. The minimum Gasteiger partial charge on any atom is -0.508 e. The molecule has 134 valence electrons. The molecule has 0 atom stereocenters. The molecule has 1 aliphatic rings. The molecule has 0 spiro atoms. The van der Waals surface area contributed by atoms with Crippen molar-refractivity contribution in [2.24, 2.45) is 5.92 Å². The van der Waals surface area contributed by atoms with Crippen LogP contribution < -0.4 is 5.32 Å². The standard InChI is InChI=1S/C21H27BrN2O/c1-16-8-10-24(11-9-16)15-18-4-2-17(3-5-18)13-23-14-19-12-20(22)6-7-21(19)25/h2-7,12,16,23,25H,8-11,13-15H2,1H3. The lowest BCUT2D eigenvalue weighted by atomic mass is 9.99. The Morgan fingerprint density at radius 3 is 2.44 bits per heavy atom. The van der Waals surface area contributed by atoms with Gasteiger partial charge in [-0.05, 0) is 61.2 Å². The van der Waals surface area contributed by atoms with E-state index in [9.17, 15) is 5.11 Å². The molecular formula is C21H27BrN2O. The Morgan fingerprint density at radius 2 is 1.72 bits per heavy atom. The van der Waals surface area contributed by atoms with Gasteiger partial charge in [0.25, 0.3) is 0 Å². The second-order valence-electron chi connectivity index (χ2n) is 7.15. The van der Waals surface area contributed by atoms with Crippen molar-refractivity contribution in [3.63, 3.8) is 0 Å². The van der Waals surface area contributed by atoms with Crippen LogP contribution in [0.4, 0.5) is 0 Å². The molecule has 0 amide bonds. The zero-order chi connectivity index (χ0) is 17.6. The van der Waals surface area contributed by atoms with Gasteiger partial charge in [-0.1, -0.05) is 47.1 Å². The molecule has 1 fully saturated rings. The number of rotatable bonds is 6. The summed E-state index contributed by atoms with van der Waals surface area (Å²) in [6.07, 6.45) is 2.65. The van der Waals surface area contributed by atoms with Gasteiger partial charge in [0.15, 0.2) is 0 Å². The van der Waals surface area contributed by atoms with Gasteiger partial charge in [0, 0.05) is 29.7 Å². The van der Waals surface area contributed by atoms with Gasteiger partial charge >= 0.3 is 0 Å². The first-order chi connectivity index (χ1) is 12.1. The number of aromatic hydroxyl groups is 1. The second kappa shape index (κ2) is 8.84. The average Bonchev–Trinajstić information content (AvgIpc) is 2.61. The summed E-state index contributed by atoms with van der Waals surface area (Å²) in [6, 6.07) is 14.4. The van der Waals surface area contributed by atoms with E-state index in [1.807, 2.05) is 12.1 Å². The molecule has 2 aromatic carbocycles. The van der Waals surface area contributed by atoms with E-state index in [0.717, 1.165) is 29.0 Å². The van der Waals surface area contributed by atoms with E-state index < -0.39 is 0 Å². The number of hydrogen-bond acceptors (Lipinski definition) is 3. The average molecular weight is 403 g/mol. The molecule has 3 nitrogen and oxygen atoms in total. The summed E-state index contributed by atoms with van der Waals surface area (Å²) in [5, 5.41) is 13.3. The van der Waals surface area contributed by atoms with Gasteiger partial charge in [-0.25, -0.2) is 0 Å². The monoisotopic (exact) mass is 402 g/mol. The third-order valence-electron chi connectivity index (χ3n) is 4.99. The Morgan fingerprint density at radius 1 is 1.04 bits per heavy atom. The molecule has 1 saturated heterocycles. The van der Waals surface area contributed by atoms with Gasteiger partial charge in [-0.15, -0.1) is 0 Å². The highest BCUT2D eigenvalue weighted by atomic mass is 79.9. The van der Waals surface area contributed by atoms with Gasteiger partial charge in [0.2, 0.25) is 0 Å². The van der Waals surface area contributed by atoms with E-state index in [4.69, 9.17) is 0 Å². The molecule has 2 N–H and O–H groups in total. The van der Waals surface area contributed by atoms with Crippen molar-refractivity contribution in [2.75, 3.05) is 13.1 Å². The van der Waals surface area contributed by atoms with Crippen LogP contribution >= 0.6 is 15.9 Å². The molecule has 1 heterocycles. The molecule has 0 unspecified atom stereocenters. The Balaban J connectivity index is 1.47. The molecule has 3 rings (SSSR count). The van der Waals surface area contributed by atoms with Gasteiger partial charge in [0.05, 0.1) is 0 Å². The molecule has 4 heteroatoms. The van der Waals surface area contributed by atoms with Crippen LogP contribution in [0.5, 0.6) is 5.75 Å². The van der Waals surface area contributed by atoms with Crippen LogP contribution in [0.15, 0.2) is 46.9 Å². The summed E-state index contributed by atoms with van der Waals surface area (Å²) in [7, 11) is 0. The maximum atomic E-state index is 9.88. The van der Waals surface area contributed by atoms with Crippen molar-refractivity contribution >= 4 is 15.9 Å². The van der Waals surface area contributed by atoms with Crippen LogP contribution in [-0.4, -0.2) is 23.1 Å². The Kier molecular flexibility index (Phi) is 6.51. The minimum atomic E-state index is 0.335. The number of nitrogens with one attached hydrogen (secondary N) is 1. The van der Waals surface area contributed by atoms with Crippen LogP contribution in [0.2, 0.25) is 0 Å². The van der Waals surface area contributed by atoms with Crippen molar-refractivity contribution in [3.8, 4) is 5.75 Å². The number of piperidine rings is 1. The smallest absolute Gasteiger partial charge is 0.120 e. The minimum absolute atomic E-state index is 0.335. The lowest BCUT2D eigenvalue weighted by Gasteiger charge is -2.30. The van der Waals surface area contributed by atoms with Crippen LogP contribution in [-0.2, 0) is 19.6 Å². The fourth-order valence-corrected chi connectivity index (χ4v) is 3.69. The van der Waals surface area contributed by atoms with Gasteiger partial charge in [-0.3, -0.25) is 4.90 Å². The molecule has 0 aliphatic carbocycles. The lowest BCUT2D eigenvalue weighted by molar-refractivity contribution is 0.185. The van der Waals surface area contributed by atoms with E-state index >= 15 is 0 Å². The summed E-state index contributed by atoms with van der Waals surface area (Å²) in [5.41, 5.74) is 3.57. The fraction of sp³-hybridized carbons (Fsp3) is 0.429. The first kappa shape index (κ1) is 18.4. The predicted molar refractivity (Wildman–Crippen MR) is 106 cm³/mol. The number of halogens is 1. The zero-order valence-corrected chi connectivity index (χ0v) is 16.4. The van der Waals surface area contributed by atoms with Crippen molar-refractivity contribution in [1.82, 2.24) is 10.2 Å². The molecule has 0 aromatic heterocycles. The first-order valence-electron chi connectivity index (χ1n) is 9.08. The molecular weight excluding hydrogens is 376 g/mol. The van der Waals surface area contributed by atoms with Gasteiger partial charge in [-0.2, -0.15) is 0 Å². The van der Waals surface area contributed by atoms with E-state index in [2.05, 4.69) is 57.3 Å². The topological polar surface area (TPSA) is 35.5 Å². The molecule has 2 aromatic rings. The molecule has 0 radical (unpaired) electrons. The van der Waals surface area contributed by atoms with Gasteiger partial charge in [0.1, 0.15) is 5.75 Å². The van der Waals surface area contributed by atoms with Crippen LogP contribution in [0.3, 0.4) is 0 Å². The highest BCUT2D eigenvalue weighted by Crippen LogP contribution is 2.22. The number of likely N-dealkylation sites (tertiary alicyclic amines) is 1. The van der Waals surface area contributed by atoms with Crippen LogP contribution in [0, 0.1) is 5.92 Å². The van der Waals surface area contributed by atoms with E-state index in [1.54, 1.807) is 6.07 Å². The molecule has 25 heavy (non-hydrogen) atoms. The fourth-order valence-electron chi connectivity index (χ4n) is 3.28. The van der Waals surface area contributed by atoms with E-state index in [-0.39, 0.29) is 0 Å². The van der Waals surface area contributed by atoms with Crippen molar-refractivity contribution in [2.45, 2.75) is 39.4 Å². The van der Waals surface area contributed by atoms with Crippen LogP contribution in [0.25, 0.3) is 0 Å².